The van der Waals surface area contributed by atoms with Crippen LogP contribution >= 0.6 is 0 Å². The summed E-state index contributed by atoms with van der Waals surface area (Å²) in [6, 6.07) is 6.61. The van der Waals surface area contributed by atoms with E-state index in [1.807, 2.05) is 27.7 Å². The van der Waals surface area contributed by atoms with Gasteiger partial charge in [0.05, 0.1) is 16.1 Å². The van der Waals surface area contributed by atoms with Crippen molar-refractivity contribution in [1.82, 2.24) is 4.72 Å². The molecule has 0 aliphatic carbocycles. The summed E-state index contributed by atoms with van der Waals surface area (Å²) in [7, 11) is -4.32. The maximum Gasteiger partial charge on any atom is 0.496 e. The smallest absolute Gasteiger partial charge is 0.399 e. The molecule has 1 aliphatic heterocycles. The second kappa shape index (κ2) is 5.63. The van der Waals surface area contributed by atoms with Gasteiger partial charge in [0.15, 0.2) is 0 Å². The van der Waals surface area contributed by atoms with Crippen LogP contribution in [0, 0.1) is 0 Å². The molecule has 2 rings (SSSR count). The van der Waals surface area contributed by atoms with E-state index in [-0.39, 0.29) is 10.9 Å². The quantitative estimate of drug-likeness (QED) is 0.856. The third kappa shape index (κ3) is 3.22. The van der Waals surface area contributed by atoms with Crippen molar-refractivity contribution >= 4 is 22.6 Å². The zero-order valence-corrected chi connectivity index (χ0v) is 14.8. The lowest BCUT2D eigenvalue weighted by atomic mass is 9.79. The fraction of sp³-hybridized carbons (Fsp3) is 0.600. The second-order valence-electron chi connectivity index (χ2n) is 6.90. The van der Waals surface area contributed by atoms with Gasteiger partial charge in [-0.3, -0.25) is 0 Å². The topological polar surface area (TPSA) is 64.6 Å². The summed E-state index contributed by atoms with van der Waals surface area (Å²) in [5.74, 6) is 0. The van der Waals surface area contributed by atoms with Crippen LogP contribution in [0.1, 0.15) is 41.5 Å². The molecule has 1 fully saturated rings. The number of sulfonamides is 1. The normalized spacial score (nSPS) is 20.6. The number of hydrogen-bond donors (Lipinski definition) is 1. The van der Waals surface area contributed by atoms with E-state index in [9.17, 15) is 8.42 Å². The average Bonchev–Trinajstić information content (AvgIpc) is 2.57. The molecule has 7 heteroatoms. The van der Waals surface area contributed by atoms with E-state index in [0.29, 0.717) is 5.46 Å². The zero-order valence-electron chi connectivity index (χ0n) is 14.0. The Morgan fingerprint density at radius 1 is 1.05 bits per heavy atom. The molecular formula is C15H24BNO4S. The third-order valence-corrected chi connectivity index (χ3v) is 5.84. The molecule has 0 bridgehead atoms. The van der Waals surface area contributed by atoms with Gasteiger partial charge in [-0.15, -0.1) is 0 Å². The van der Waals surface area contributed by atoms with Crippen LogP contribution in [-0.4, -0.2) is 32.8 Å². The van der Waals surface area contributed by atoms with E-state index in [1.165, 1.54) is 0 Å². The van der Waals surface area contributed by atoms with Crippen molar-refractivity contribution in [2.24, 2.45) is 0 Å². The lowest BCUT2D eigenvalue weighted by Gasteiger charge is -2.32. The standard InChI is InChI=1S/C15H24BNO4S/c1-11(2)17-22(18,19)13-10-8-7-9-12(13)16-20-14(3,4)15(5,6)21-16/h7-11,17H,1-6H3. The van der Waals surface area contributed by atoms with Gasteiger partial charge in [-0.1, -0.05) is 18.2 Å². The molecule has 1 N–H and O–H groups in total. The Morgan fingerprint density at radius 3 is 2.05 bits per heavy atom. The Labute approximate surface area is 133 Å². The molecule has 0 radical (unpaired) electrons. The first-order valence-corrected chi connectivity index (χ1v) is 8.91. The summed E-state index contributed by atoms with van der Waals surface area (Å²) in [6.07, 6.45) is 0. The summed E-state index contributed by atoms with van der Waals surface area (Å²) >= 11 is 0. The Bertz CT molecular complexity index is 639. The summed E-state index contributed by atoms with van der Waals surface area (Å²) in [5.41, 5.74) is -0.505. The van der Waals surface area contributed by atoms with Crippen molar-refractivity contribution in [2.45, 2.75) is 63.7 Å². The highest BCUT2D eigenvalue weighted by molar-refractivity contribution is 7.89. The fourth-order valence-electron chi connectivity index (χ4n) is 2.26. The van der Waals surface area contributed by atoms with Crippen LogP contribution in [-0.2, 0) is 19.3 Å². The van der Waals surface area contributed by atoms with Crippen molar-refractivity contribution in [3.8, 4) is 0 Å². The van der Waals surface area contributed by atoms with Gasteiger partial charge in [0, 0.05) is 11.5 Å². The summed E-state index contributed by atoms with van der Waals surface area (Å²) in [5, 5.41) is 0. The minimum atomic E-state index is -3.61. The van der Waals surface area contributed by atoms with Gasteiger partial charge in [0.2, 0.25) is 10.0 Å². The number of benzene rings is 1. The van der Waals surface area contributed by atoms with E-state index in [4.69, 9.17) is 9.31 Å². The molecule has 1 heterocycles. The van der Waals surface area contributed by atoms with Crippen LogP contribution in [0.3, 0.4) is 0 Å². The van der Waals surface area contributed by atoms with Gasteiger partial charge in [-0.05, 0) is 47.6 Å². The number of rotatable bonds is 4. The van der Waals surface area contributed by atoms with Gasteiger partial charge in [0.25, 0.3) is 0 Å². The van der Waals surface area contributed by atoms with Crippen molar-refractivity contribution in [2.75, 3.05) is 0 Å². The SMILES string of the molecule is CC(C)NS(=O)(=O)c1ccccc1B1OC(C)(C)C(C)(C)O1. The Balaban J connectivity index is 2.43. The summed E-state index contributed by atoms with van der Waals surface area (Å²) < 4.78 is 39.6. The van der Waals surface area contributed by atoms with Crippen LogP contribution in [0.4, 0.5) is 0 Å². The van der Waals surface area contributed by atoms with E-state index in [0.717, 1.165) is 0 Å². The van der Waals surface area contributed by atoms with Crippen molar-refractivity contribution in [3.63, 3.8) is 0 Å². The molecule has 0 spiro atoms. The lowest BCUT2D eigenvalue weighted by Crippen LogP contribution is -2.41. The molecule has 0 unspecified atom stereocenters. The number of nitrogens with one attached hydrogen (secondary N) is 1. The molecule has 1 saturated heterocycles. The predicted octanol–water partition coefficient (Wildman–Crippen LogP) is 1.67. The first-order chi connectivity index (χ1) is 9.96. The monoisotopic (exact) mass is 325 g/mol. The van der Waals surface area contributed by atoms with Gasteiger partial charge in [-0.25, -0.2) is 13.1 Å². The molecule has 5 nitrogen and oxygen atoms in total. The molecule has 0 aromatic heterocycles. The van der Waals surface area contributed by atoms with E-state index in [1.54, 1.807) is 38.1 Å². The first kappa shape index (κ1) is 17.5. The number of hydrogen-bond acceptors (Lipinski definition) is 4. The molecule has 1 aromatic rings. The highest BCUT2D eigenvalue weighted by atomic mass is 32.2. The van der Waals surface area contributed by atoms with Gasteiger partial charge < -0.3 is 9.31 Å². The molecule has 22 heavy (non-hydrogen) atoms. The lowest BCUT2D eigenvalue weighted by molar-refractivity contribution is 0.00578. The first-order valence-electron chi connectivity index (χ1n) is 7.43. The van der Waals surface area contributed by atoms with Crippen molar-refractivity contribution in [1.29, 1.82) is 0 Å². The van der Waals surface area contributed by atoms with E-state index in [2.05, 4.69) is 4.72 Å². The zero-order chi connectivity index (χ0) is 16.8. The Morgan fingerprint density at radius 2 is 1.55 bits per heavy atom. The van der Waals surface area contributed by atoms with Gasteiger partial charge in [0.1, 0.15) is 0 Å². The molecule has 122 valence electrons. The molecule has 0 saturated carbocycles. The van der Waals surface area contributed by atoms with Crippen LogP contribution < -0.4 is 10.2 Å². The predicted molar refractivity (Wildman–Crippen MR) is 87.6 cm³/mol. The van der Waals surface area contributed by atoms with Crippen molar-refractivity contribution in [3.05, 3.63) is 24.3 Å². The van der Waals surface area contributed by atoms with Crippen molar-refractivity contribution < 1.29 is 17.7 Å². The molecule has 0 amide bonds. The largest absolute Gasteiger partial charge is 0.496 e. The molecular weight excluding hydrogens is 301 g/mol. The molecule has 1 aliphatic rings. The molecule has 1 aromatic carbocycles. The highest BCUT2D eigenvalue weighted by Gasteiger charge is 2.52. The average molecular weight is 325 g/mol. The highest BCUT2D eigenvalue weighted by Crippen LogP contribution is 2.36. The van der Waals surface area contributed by atoms with Crippen LogP contribution in [0.5, 0.6) is 0 Å². The van der Waals surface area contributed by atoms with Gasteiger partial charge in [-0.2, -0.15) is 0 Å². The van der Waals surface area contributed by atoms with Crippen LogP contribution in [0.15, 0.2) is 29.2 Å². The minimum Gasteiger partial charge on any atom is -0.399 e. The van der Waals surface area contributed by atoms with Crippen LogP contribution in [0.25, 0.3) is 0 Å². The molecule has 0 atom stereocenters. The maximum absolute atomic E-state index is 12.5. The maximum atomic E-state index is 12.5. The second-order valence-corrected chi connectivity index (χ2v) is 8.58. The van der Waals surface area contributed by atoms with E-state index >= 15 is 0 Å². The summed E-state index contributed by atoms with van der Waals surface area (Å²) in [4.78, 5) is 0.196. The van der Waals surface area contributed by atoms with E-state index < -0.39 is 28.3 Å². The third-order valence-electron chi connectivity index (χ3n) is 4.11. The van der Waals surface area contributed by atoms with Crippen LogP contribution in [0.2, 0.25) is 0 Å². The van der Waals surface area contributed by atoms with Gasteiger partial charge >= 0.3 is 7.12 Å². The minimum absolute atomic E-state index is 0.184. The summed E-state index contributed by atoms with van der Waals surface area (Å²) in [6.45, 7) is 11.3. The Kier molecular flexibility index (Phi) is 4.47. The Hall–Kier alpha value is -0.885. The fourth-order valence-corrected chi connectivity index (χ4v) is 3.74.